The van der Waals surface area contributed by atoms with Crippen LogP contribution in [0.1, 0.15) is 0 Å². The number of hydrogen-bond donors (Lipinski definition) is 1. The molecule has 0 saturated heterocycles. The maximum Gasteiger partial charge on any atom is 0.0595 e. The molecular formula is C8H12Cl2N2. The molecule has 0 fully saturated rings. The summed E-state index contributed by atoms with van der Waals surface area (Å²) < 4.78 is 0. The van der Waals surface area contributed by atoms with Crippen molar-refractivity contribution >= 4 is 35.4 Å². The number of benzene rings is 1. The van der Waals surface area contributed by atoms with Gasteiger partial charge in [0.15, 0.2) is 0 Å². The van der Waals surface area contributed by atoms with Gasteiger partial charge in [-0.2, -0.15) is 0 Å². The van der Waals surface area contributed by atoms with Crippen LogP contribution in [0, 0.1) is 0 Å². The average molecular weight is 207 g/mol. The van der Waals surface area contributed by atoms with E-state index >= 15 is 0 Å². The highest BCUT2D eigenvalue weighted by Gasteiger charge is 1.99. The van der Waals surface area contributed by atoms with Gasteiger partial charge in [0.25, 0.3) is 0 Å². The number of anilines is 2. The van der Waals surface area contributed by atoms with Crippen molar-refractivity contribution in [3.63, 3.8) is 0 Å². The lowest BCUT2D eigenvalue weighted by Crippen LogP contribution is -2.10. The highest BCUT2D eigenvalue weighted by Crippen LogP contribution is 2.24. The van der Waals surface area contributed by atoms with Crippen molar-refractivity contribution in [3.05, 3.63) is 23.2 Å². The topological polar surface area (TPSA) is 29.3 Å². The van der Waals surface area contributed by atoms with Crippen LogP contribution in [0.4, 0.5) is 11.4 Å². The van der Waals surface area contributed by atoms with Crippen LogP contribution in [-0.4, -0.2) is 14.1 Å². The van der Waals surface area contributed by atoms with E-state index in [1.54, 1.807) is 6.07 Å². The van der Waals surface area contributed by atoms with Crippen LogP contribution in [0.5, 0.6) is 0 Å². The van der Waals surface area contributed by atoms with Gasteiger partial charge in [-0.05, 0) is 18.2 Å². The molecule has 0 unspecified atom stereocenters. The molecule has 0 aliphatic heterocycles. The summed E-state index contributed by atoms with van der Waals surface area (Å²) >= 11 is 5.72. The molecule has 1 rings (SSSR count). The number of hydrogen-bond acceptors (Lipinski definition) is 2. The van der Waals surface area contributed by atoms with Gasteiger partial charge in [-0.1, -0.05) is 11.6 Å². The molecule has 0 saturated carbocycles. The summed E-state index contributed by atoms with van der Waals surface area (Å²) in [5.41, 5.74) is 7.40. The Bertz CT molecular complexity index is 261. The molecule has 0 bridgehead atoms. The van der Waals surface area contributed by atoms with Crippen LogP contribution in [0.25, 0.3) is 0 Å². The standard InChI is InChI=1S/C8H11ClN2.ClH/c1-11(2)8-4-3-6(9)5-7(8)10;/h3-5H,10H2,1-2H3;1H. The molecule has 1 aromatic rings. The Morgan fingerprint density at radius 1 is 1.33 bits per heavy atom. The number of halogens is 2. The summed E-state index contributed by atoms with van der Waals surface area (Å²) in [5, 5.41) is 0.674. The van der Waals surface area contributed by atoms with Crippen LogP contribution < -0.4 is 10.6 Å². The zero-order valence-corrected chi connectivity index (χ0v) is 8.62. The molecule has 0 aliphatic rings. The summed E-state index contributed by atoms with van der Waals surface area (Å²) in [4.78, 5) is 1.95. The smallest absolute Gasteiger partial charge is 0.0595 e. The predicted molar refractivity (Wildman–Crippen MR) is 57.4 cm³/mol. The SMILES string of the molecule is CN(C)c1ccc(Cl)cc1N.Cl. The highest BCUT2D eigenvalue weighted by molar-refractivity contribution is 6.31. The molecule has 12 heavy (non-hydrogen) atoms. The minimum atomic E-state index is 0. The zero-order chi connectivity index (χ0) is 8.43. The highest BCUT2D eigenvalue weighted by atomic mass is 35.5. The fourth-order valence-electron chi connectivity index (χ4n) is 0.933. The van der Waals surface area contributed by atoms with Gasteiger partial charge in [0.05, 0.1) is 11.4 Å². The van der Waals surface area contributed by atoms with Gasteiger partial charge in [0, 0.05) is 19.1 Å². The Balaban J connectivity index is 0.00000121. The minimum absolute atomic E-state index is 0. The maximum atomic E-state index is 5.72. The molecule has 4 heteroatoms. The lowest BCUT2D eigenvalue weighted by Gasteiger charge is -2.14. The molecule has 0 atom stereocenters. The molecule has 2 N–H and O–H groups in total. The Morgan fingerprint density at radius 2 is 1.92 bits per heavy atom. The Hall–Kier alpha value is -0.600. The van der Waals surface area contributed by atoms with Crippen molar-refractivity contribution in [2.75, 3.05) is 24.7 Å². The van der Waals surface area contributed by atoms with E-state index in [2.05, 4.69) is 0 Å². The van der Waals surface area contributed by atoms with E-state index in [0.717, 1.165) is 5.69 Å². The molecule has 0 aliphatic carbocycles. The first-order valence-electron chi connectivity index (χ1n) is 3.33. The quantitative estimate of drug-likeness (QED) is 0.716. The van der Waals surface area contributed by atoms with E-state index in [1.165, 1.54) is 0 Å². The van der Waals surface area contributed by atoms with Gasteiger partial charge in [-0.3, -0.25) is 0 Å². The first kappa shape index (κ1) is 11.4. The summed E-state index contributed by atoms with van der Waals surface area (Å²) in [6.45, 7) is 0. The summed E-state index contributed by atoms with van der Waals surface area (Å²) in [5.74, 6) is 0. The largest absolute Gasteiger partial charge is 0.397 e. The second-order valence-electron chi connectivity index (χ2n) is 2.60. The van der Waals surface area contributed by atoms with Crippen LogP contribution in [0.3, 0.4) is 0 Å². The van der Waals surface area contributed by atoms with Gasteiger partial charge in [0.2, 0.25) is 0 Å². The predicted octanol–water partition coefficient (Wildman–Crippen LogP) is 2.41. The fraction of sp³-hybridized carbons (Fsp3) is 0.250. The first-order valence-corrected chi connectivity index (χ1v) is 3.71. The first-order chi connectivity index (χ1) is 5.11. The third kappa shape index (κ3) is 2.47. The average Bonchev–Trinajstić information content (AvgIpc) is 1.85. The molecule has 0 radical (unpaired) electrons. The molecule has 0 heterocycles. The van der Waals surface area contributed by atoms with Crippen molar-refractivity contribution in [1.29, 1.82) is 0 Å². The Kier molecular flexibility index (Phi) is 4.21. The van der Waals surface area contributed by atoms with Gasteiger partial charge in [-0.25, -0.2) is 0 Å². The molecule has 0 amide bonds. The van der Waals surface area contributed by atoms with Gasteiger partial charge >= 0.3 is 0 Å². The maximum absolute atomic E-state index is 5.72. The van der Waals surface area contributed by atoms with E-state index in [-0.39, 0.29) is 12.4 Å². The molecule has 0 aromatic heterocycles. The summed E-state index contributed by atoms with van der Waals surface area (Å²) in [6, 6.07) is 5.47. The minimum Gasteiger partial charge on any atom is -0.397 e. The number of nitrogen functional groups attached to an aromatic ring is 1. The number of nitrogens with two attached hydrogens (primary N) is 1. The van der Waals surface area contributed by atoms with E-state index in [1.807, 2.05) is 31.1 Å². The van der Waals surface area contributed by atoms with Crippen molar-refractivity contribution in [2.45, 2.75) is 0 Å². The zero-order valence-electron chi connectivity index (χ0n) is 7.04. The van der Waals surface area contributed by atoms with E-state index in [0.29, 0.717) is 10.7 Å². The molecular weight excluding hydrogens is 195 g/mol. The normalized spacial score (nSPS) is 8.92. The molecule has 68 valence electrons. The van der Waals surface area contributed by atoms with Gasteiger partial charge < -0.3 is 10.6 Å². The molecule has 0 spiro atoms. The monoisotopic (exact) mass is 206 g/mol. The van der Waals surface area contributed by atoms with Crippen LogP contribution in [-0.2, 0) is 0 Å². The Morgan fingerprint density at radius 3 is 2.33 bits per heavy atom. The van der Waals surface area contributed by atoms with E-state index in [4.69, 9.17) is 17.3 Å². The van der Waals surface area contributed by atoms with Crippen molar-refractivity contribution < 1.29 is 0 Å². The van der Waals surface area contributed by atoms with Crippen LogP contribution >= 0.6 is 24.0 Å². The lowest BCUT2D eigenvalue weighted by molar-refractivity contribution is 1.13. The van der Waals surface area contributed by atoms with Crippen LogP contribution in [0.2, 0.25) is 5.02 Å². The third-order valence-corrected chi connectivity index (χ3v) is 1.71. The van der Waals surface area contributed by atoms with Crippen molar-refractivity contribution in [2.24, 2.45) is 0 Å². The second-order valence-corrected chi connectivity index (χ2v) is 3.03. The summed E-state index contributed by atoms with van der Waals surface area (Å²) in [7, 11) is 3.89. The summed E-state index contributed by atoms with van der Waals surface area (Å²) in [6.07, 6.45) is 0. The third-order valence-electron chi connectivity index (χ3n) is 1.47. The molecule has 2 nitrogen and oxygen atoms in total. The van der Waals surface area contributed by atoms with E-state index in [9.17, 15) is 0 Å². The van der Waals surface area contributed by atoms with Crippen LogP contribution in [0.15, 0.2) is 18.2 Å². The van der Waals surface area contributed by atoms with Crippen molar-refractivity contribution in [1.82, 2.24) is 0 Å². The number of rotatable bonds is 1. The second kappa shape index (κ2) is 4.43. The fourth-order valence-corrected chi connectivity index (χ4v) is 1.11. The molecule has 1 aromatic carbocycles. The van der Waals surface area contributed by atoms with Gasteiger partial charge in [-0.15, -0.1) is 12.4 Å². The van der Waals surface area contributed by atoms with Crippen molar-refractivity contribution in [3.8, 4) is 0 Å². The van der Waals surface area contributed by atoms with E-state index < -0.39 is 0 Å². The van der Waals surface area contributed by atoms with Gasteiger partial charge in [0.1, 0.15) is 0 Å². The Labute approximate surface area is 83.7 Å². The lowest BCUT2D eigenvalue weighted by atomic mass is 10.2. The number of nitrogens with zero attached hydrogens (tertiary/aromatic N) is 1.